The van der Waals surface area contributed by atoms with Crippen LogP contribution in [-0.4, -0.2) is 77.2 Å². The summed E-state index contributed by atoms with van der Waals surface area (Å²) in [4.78, 5) is 29.5. The molecule has 0 aromatic heterocycles. The lowest BCUT2D eigenvalue weighted by Crippen LogP contribution is -2.52. The molecule has 5 nitrogen and oxygen atoms in total. The number of rotatable bonds is 7. The third-order valence-electron chi connectivity index (χ3n) is 7.17. The lowest BCUT2D eigenvalue weighted by molar-refractivity contribution is -0.131. The van der Waals surface area contributed by atoms with Gasteiger partial charge in [0.05, 0.1) is 0 Å². The molecule has 4 aliphatic rings. The number of halogens is 2. The van der Waals surface area contributed by atoms with Crippen molar-refractivity contribution in [3.05, 3.63) is 11.6 Å². The van der Waals surface area contributed by atoms with E-state index in [-0.39, 0.29) is 11.8 Å². The monoisotopic (exact) mass is 429 g/mol. The zero-order valence-corrected chi connectivity index (χ0v) is 18.8. The number of hydrogen-bond donors (Lipinski definition) is 0. The molecule has 2 amide bonds. The Morgan fingerprint density at radius 3 is 2.46 bits per heavy atom. The highest BCUT2D eigenvalue weighted by molar-refractivity contribution is 6.53. The maximum atomic E-state index is 12.6. The first-order chi connectivity index (χ1) is 13.2. The zero-order valence-electron chi connectivity index (χ0n) is 17.3. The zero-order chi connectivity index (χ0) is 20.5. The summed E-state index contributed by atoms with van der Waals surface area (Å²) in [6.45, 7) is 11.9. The Balaban J connectivity index is 1.51. The molecule has 2 atom stereocenters. The van der Waals surface area contributed by atoms with E-state index in [1.165, 1.54) is 12.0 Å². The van der Waals surface area contributed by atoms with E-state index in [9.17, 15) is 9.59 Å². The molecule has 1 heterocycles. The van der Waals surface area contributed by atoms with E-state index in [2.05, 4.69) is 24.8 Å². The molecule has 1 saturated heterocycles. The lowest BCUT2D eigenvalue weighted by atomic mass is 9.49. The van der Waals surface area contributed by atoms with Crippen molar-refractivity contribution in [1.29, 1.82) is 0 Å². The number of carbonyl (C=O) groups is 2. The van der Waals surface area contributed by atoms with Crippen LogP contribution in [-0.2, 0) is 9.59 Å². The van der Waals surface area contributed by atoms with Gasteiger partial charge in [0, 0.05) is 52.2 Å². The second kappa shape index (κ2) is 8.93. The molecule has 158 valence electrons. The summed E-state index contributed by atoms with van der Waals surface area (Å²) in [7, 11) is 0. The van der Waals surface area contributed by atoms with E-state index in [0.29, 0.717) is 30.8 Å². The van der Waals surface area contributed by atoms with Crippen LogP contribution in [0.5, 0.6) is 0 Å². The molecule has 2 unspecified atom stereocenters. The SMILES string of the molecule is CCC(=O)N(CCN1CCN(C(=O)C(Cl)Cl)CC1)CC1=CCC2CC1C2(C)C. The molecule has 0 aromatic carbocycles. The van der Waals surface area contributed by atoms with Gasteiger partial charge >= 0.3 is 0 Å². The van der Waals surface area contributed by atoms with Gasteiger partial charge in [-0.15, -0.1) is 0 Å². The lowest BCUT2D eigenvalue weighted by Gasteiger charge is -2.57. The Morgan fingerprint density at radius 2 is 1.93 bits per heavy atom. The van der Waals surface area contributed by atoms with E-state index >= 15 is 0 Å². The molecule has 1 saturated carbocycles. The molecule has 3 aliphatic carbocycles. The van der Waals surface area contributed by atoms with Gasteiger partial charge in [-0.1, -0.05) is 55.6 Å². The van der Waals surface area contributed by atoms with Crippen molar-refractivity contribution >= 4 is 35.0 Å². The van der Waals surface area contributed by atoms with Gasteiger partial charge in [-0.2, -0.15) is 0 Å². The van der Waals surface area contributed by atoms with Crippen LogP contribution in [0, 0.1) is 17.3 Å². The Morgan fingerprint density at radius 1 is 1.25 bits per heavy atom. The quantitative estimate of drug-likeness (QED) is 0.461. The molecule has 1 aliphatic heterocycles. The highest BCUT2D eigenvalue weighted by Crippen LogP contribution is 2.59. The van der Waals surface area contributed by atoms with Crippen molar-refractivity contribution in [1.82, 2.24) is 14.7 Å². The molecule has 4 rings (SSSR count). The Bertz CT molecular complexity index is 627. The summed E-state index contributed by atoms with van der Waals surface area (Å²) in [5, 5.41) is 0. The largest absolute Gasteiger partial charge is 0.338 e. The molecule has 2 bridgehead atoms. The van der Waals surface area contributed by atoms with E-state index in [1.807, 2.05) is 11.8 Å². The summed E-state index contributed by atoms with van der Waals surface area (Å²) in [6, 6.07) is 0. The second-order valence-corrected chi connectivity index (χ2v) is 10.1. The average Bonchev–Trinajstić information content (AvgIpc) is 2.70. The first kappa shape index (κ1) is 21.9. The average molecular weight is 430 g/mol. The maximum absolute atomic E-state index is 12.6. The predicted octanol–water partition coefficient (Wildman–Crippen LogP) is 3.17. The third kappa shape index (κ3) is 4.52. The van der Waals surface area contributed by atoms with Crippen molar-refractivity contribution in [3.8, 4) is 0 Å². The van der Waals surface area contributed by atoms with Crippen molar-refractivity contribution in [2.75, 3.05) is 45.8 Å². The van der Waals surface area contributed by atoms with Crippen LogP contribution < -0.4 is 0 Å². The van der Waals surface area contributed by atoms with Crippen LogP contribution >= 0.6 is 23.2 Å². The fourth-order valence-corrected chi connectivity index (χ4v) is 5.26. The molecule has 0 radical (unpaired) electrons. The molecule has 0 N–H and O–H groups in total. The maximum Gasteiger partial charge on any atom is 0.255 e. The fraction of sp³-hybridized carbons (Fsp3) is 0.810. The molecule has 0 aromatic rings. The summed E-state index contributed by atoms with van der Waals surface area (Å²) in [5.41, 5.74) is 1.84. The topological polar surface area (TPSA) is 43.9 Å². The summed E-state index contributed by atoms with van der Waals surface area (Å²) < 4.78 is 0. The van der Waals surface area contributed by atoms with Crippen LogP contribution in [0.1, 0.15) is 40.0 Å². The molecule has 28 heavy (non-hydrogen) atoms. The van der Waals surface area contributed by atoms with Crippen molar-refractivity contribution in [3.63, 3.8) is 0 Å². The standard InChI is InChI=1S/C21H33Cl2N3O2/c1-4-18(27)26(14-15-5-6-16-13-17(15)21(16,2)3)12-9-24-7-10-25(11-8-24)20(28)19(22)23/h5,16-17,19H,4,6-14H2,1-3H3. The number of alkyl halides is 2. The Kier molecular flexibility index (Phi) is 6.99. The number of fused-ring (bicyclic) bond motifs is 1. The minimum Gasteiger partial charge on any atom is -0.338 e. The van der Waals surface area contributed by atoms with Gasteiger partial charge in [0.15, 0.2) is 4.84 Å². The second-order valence-electron chi connectivity index (χ2n) is 8.96. The van der Waals surface area contributed by atoms with Gasteiger partial charge in [-0.25, -0.2) is 0 Å². The number of allylic oxidation sites excluding steroid dienone is 1. The molecule has 2 fully saturated rings. The molecular weight excluding hydrogens is 397 g/mol. The third-order valence-corrected chi connectivity index (χ3v) is 7.54. The van der Waals surface area contributed by atoms with E-state index in [4.69, 9.17) is 23.2 Å². The van der Waals surface area contributed by atoms with Gasteiger partial charge < -0.3 is 9.80 Å². The number of amides is 2. The summed E-state index contributed by atoms with van der Waals surface area (Å²) in [6.07, 6.45) is 5.37. The Hall–Kier alpha value is -0.780. The van der Waals surface area contributed by atoms with Gasteiger partial charge in [0.25, 0.3) is 5.91 Å². The Labute approximate surface area is 179 Å². The smallest absolute Gasteiger partial charge is 0.255 e. The van der Waals surface area contributed by atoms with Gasteiger partial charge in [-0.05, 0) is 30.1 Å². The van der Waals surface area contributed by atoms with E-state index < -0.39 is 4.84 Å². The summed E-state index contributed by atoms with van der Waals surface area (Å²) in [5.74, 6) is 1.46. The normalized spacial score (nSPS) is 26.6. The van der Waals surface area contributed by atoms with Gasteiger partial charge in [0.2, 0.25) is 5.91 Å². The number of carbonyl (C=O) groups excluding carboxylic acids is 2. The van der Waals surface area contributed by atoms with E-state index in [0.717, 1.165) is 45.1 Å². The van der Waals surface area contributed by atoms with Crippen molar-refractivity contribution < 1.29 is 9.59 Å². The molecular formula is C21H33Cl2N3O2. The van der Waals surface area contributed by atoms with Gasteiger partial charge in [0.1, 0.15) is 0 Å². The minimum atomic E-state index is -0.983. The summed E-state index contributed by atoms with van der Waals surface area (Å²) >= 11 is 11.4. The number of piperazine rings is 1. The highest BCUT2D eigenvalue weighted by Gasteiger charge is 2.51. The van der Waals surface area contributed by atoms with Crippen molar-refractivity contribution in [2.45, 2.75) is 44.9 Å². The molecule has 0 spiro atoms. The van der Waals surface area contributed by atoms with Crippen molar-refractivity contribution in [2.24, 2.45) is 17.3 Å². The van der Waals surface area contributed by atoms with Crippen LogP contribution in [0.25, 0.3) is 0 Å². The van der Waals surface area contributed by atoms with Crippen LogP contribution in [0.4, 0.5) is 0 Å². The minimum absolute atomic E-state index is 0.212. The van der Waals surface area contributed by atoms with Crippen LogP contribution in [0.15, 0.2) is 11.6 Å². The number of hydrogen-bond acceptors (Lipinski definition) is 3. The highest BCUT2D eigenvalue weighted by atomic mass is 35.5. The van der Waals surface area contributed by atoms with Crippen LogP contribution in [0.2, 0.25) is 0 Å². The van der Waals surface area contributed by atoms with Crippen LogP contribution in [0.3, 0.4) is 0 Å². The van der Waals surface area contributed by atoms with Gasteiger partial charge in [-0.3, -0.25) is 14.5 Å². The number of nitrogens with zero attached hydrogens (tertiary/aromatic N) is 3. The van der Waals surface area contributed by atoms with E-state index in [1.54, 1.807) is 4.90 Å². The fourth-order valence-electron chi connectivity index (χ4n) is 4.98. The predicted molar refractivity (Wildman–Crippen MR) is 113 cm³/mol. The molecule has 7 heteroatoms. The first-order valence-corrected chi connectivity index (χ1v) is 11.4. The first-order valence-electron chi connectivity index (χ1n) is 10.5.